The van der Waals surface area contributed by atoms with Gasteiger partial charge < -0.3 is 9.47 Å². The van der Waals surface area contributed by atoms with Crippen molar-refractivity contribution >= 4 is 41.7 Å². The van der Waals surface area contributed by atoms with Crippen LogP contribution in [-0.4, -0.2) is 51.0 Å². The van der Waals surface area contributed by atoms with Crippen molar-refractivity contribution < 1.29 is 39.5 Å². The van der Waals surface area contributed by atoms with Gasteiger partial charge in [-0.2, -0.15) is 0 Å². The fourth-order valence-electron chi connectivity index (χ4n) is 4.52. The number of anilines is 1. The molecule has 0 aromatic heterocycles. The Labute approximate surface area is 308 Å². The molecule has 0 bridgehead atoms. The van der Waals surface area contributed by atoms with E-state index < -0.39 is 36.0 Å². The molecular weight excluding hydrogens is 727 g/mol. The van der Waals surface area contributed by atoms with Crippen molar-refractivity contribution in [1.29, 1.82) is 0 Å². The third-order valence-corrected chi connectivity index (χ3v) is 11.2. The van der Waals surface area contributed by atoms with E-state index in [1.54, 1.807) is 81.4 Å². The number of ether oxygens (including phenoxy) is 2. The molecule has 0 saturated carbocycles. The van der Waals surface area contributed by atoms with Crippen LogP contribution >= 0.6 is 0 Å². The fourth-order valence-corrected chi connectivity index (χ4v) is 7.77. The van der Waals surface area contributed by atoms with Gasteiger partial charge in [-0.05, 0) is 87.4 Å². The highest BCUT2D eigenvalue weighted by Crippen LogP contribution is 2.25. The molecule has 0 heterocycles. The minimum atomic E-state index is -3.73. The van der Waals surface area contributed by atoms with Crippen molar-refractivity contribution in [1.82, 2.24) is 4.72 Å². The molecule has 12 nitrogen and oxygen atoms in total. The van der Waals surface area contributed by atoms with Gasteiger partial charge in [0.05, 0.1) is 29.1 Å². The van der Waals surface area contributed by atoms with Crippen LogP contribution in [0.3, 0.4) is 0 Å². The van der Waals surface area contributed by atoms with Crippen LogP contribution in [0.2, 0.25) is 0 Å². The van der Waals surface area contributed by atoms with Crippen LogP contribution in [-0.2, 0) is 34.8 Å². The van der Waals surface area contributed by atoms with Crippen LogP contribution in [0.1, 0.15) is 68.8 Å². The smallest absolute Gasteiger partial charge is 0.338 e. The summed E-state index contributed by atoms with van der Waals surface area (Å²) in [5.74, 6) is -0.123. The molecule has 4 aromatic rings. The number of nitrogens with two attached hydrogens (primary N) is 1. The Hall–Kier alpha value is -4.28. The highest BCUT2D eigenvalue weighted by Gasteiger charge is 2.19. The average molecular weight is 776 g/mol. The van der Waals surface area contributed by atoms with E-state index in [2.05, 4.69) is 16.4 Å². The van der Waals surface area contributed by atoms with E-state index in [4.69, 9.17) is 14.6 Å². The van der Waals surface area contributed by atoms with Gasteiger partial charge >= 0.3 is 5.97 Å². The second-order valence-corrected chi connectivity index (χ2v) is 16.7. The lowest BCUT2D eigenvalue weighted by atomic mass is 10.2. The maximum atomic E-state index is 12.2. The molecule has 0 atom stereocenters. The van der Waals surface area contributed by atoms with Crippen molar-refractivity contribution in [2.45, 2.75) is 80.5 Å². The topological polar surface area (TPSA) is 188 Å². The quantitative estimate of drug-likeness (QED) is 0.0879. The van der Waals surface area contributed by atoms with E-state index >= 15 is 0 Å². The number of primary sulfonamides is 1. The zero-order valence-electron chi connectivity index (χ0n) is 30.1. The molecule has 284 valence electrons. The van der Waals surface area contributed by atoms with Gasteiger partial charge in [-0.15, -0.1) is 0 Å². The number of hydrogen-bond donors (Lipinski definition) is 3. The highest BCUT2D eigenvalue weighted by molar-refractivity contribution is 7.92. The lowest BCUT2D eigenvalue weighted by Crippen LogP contribution is -2.30. The van der Waals surface area contributed by atoms with Crippen molar-refractivity contribution in [3.05, 3.63) is 114 Å². The number of aryl methyl sites for hydroxylation is 1. The van der Waals surface area contributed by atoms with Crippen LogP contribution in [0.5, 0.6) is 5.75 Å². The van der Waals surface area contributed by atoms with Gasteiger partial charge in [0, 0.05) is 11.7 Å². The standard InChI is InChI=1S/C14H21NO4S.C13H13NO3S.C10H15NO2S/c1-2-3-4-5-6-11-19-14(16)12-7-9-13(10-8-12)20(15,17)18;1-17-12-9-5-6-10-13(12)18(15,16)14-11-7-3-2-4-8-11;1-8(2)11-14(12,13)10-7-5-4-6-9(10)3/h7-10H,2-6,11H2,1H3,(H2,15,17,18);2-10,14H,1H3;4-8,11H,1-3H3. The molecule has 4 rings (SSSR count). The SMILES string of the molecule is CCCCCCCOC(=O)c1ccc(S(N)(=O)=O)cc1.COc1ccccc1S(=O)(=O)Nc1ccccc1.Cc1ccccc1S(=O)(=O)NC(C)C. The summed E-state index contributed by atoms with van der Waals surface area (Å²) in [4.78, 5) is 12.1. The van der Waals surface area contributed by atoms with E-state index in [0.717, 1.165) is 24.8 Å². The summed E-state index contributed by atoms with van der Waals surface area (Å²) < 4.78 is 85.2. The second-order valence-electron chi connectivity index (χ2n) is 11.8. The molecule has 0 radical (unpaired) electrons. The van der Waals surface area contributed by atoms with Crippen molar-refractivity contribution in [2.24, 2.45) is 5.14 Å². The molecule has 0 aliphatic heterocycles. The summed E-state index contributed by atoms with van der Waals surface area (Å²) >= 11 is 0. The lowest BCUT2D eigenvalue weighted by molar-refractivity contribution is 0.0497. The zero-order chi connectivity index (χ0) is 38.8. The van der Waals surface area contributed by atoms with Gasteiger partial charge in [-0.25, -0.2) is 39.9 Å². The first-order valence-electron chi connectivity index (χ1n) is 16.6. The van der Waals surface area contributed by atoms with Crippen molar-refractivity contribution in [2.75, 3.05) is 18.4 Å². The zero-order valence-corrected chi connectivity index (χ0v) is 32.6. The molecule has 0 aliphatic rings. The first-order chi connectivity index (χ1) is 24.5. The number of esters is 1. The molecule has 0 amide bonds. The summed E-state index contributed by atoms with van der Waals surface area (Å²) in [6, 6.07) is 27.5. The van der Waals surface area contributed by atoms with Gasteiger partial charge in [0.15, 0.2) is 0 Å². The number of hydrogen-bond acceptors (Lipinski definition) is 9. The molecule has 0 saturated heterocycles. The third-order valence-electron chi connectivity index (χ3n) is 7.06. The molecule has 0 fully saturated rings. The average Bonchev–Trinajstić information content (AvgIpc) is 3.10. The molecule has 0 aliphatic carbocycles. The molecule has 4 aromatic carbocycles. The van der Waals surface area contributed by atoms with Crippen molar-refractivity contribution in [3.8, 4) is 5.75 Å². The van der Waals surface area contributed by atoms with E-state index in [0.29, 0.717) is 28.5 Å². The monoisotopic (exact) mass is 775 g/mol. The normalized spacial score (nSPS) is 11.4. The highest BCUT2D eigenvalue weighted by atomic mass is 32.2. The summed E-state index contributed by atoms with van der Waals surface area (Å²) in [6.45, 7) is 7.92. The number of carbonyl (C=O) groups is 1. The lowest BCUT2D eigenvalue weighted by Gasteiger charge is -2.11. The van der Waals surface area contributed by atoms with E-state index in [-0.39, 0.29) is 15.8 Å². The Morgan fingerprint density at radius 3 is 1.83 bits per heavy atom. The van der Waals surface area contributed by atoms with Gasteiger partial charge in [-0.3, -0.25) is 4.72 Å². The Balaban J connectivity index is 0.000000274. The molecule has 15 heteroatoms. The first kappa shape index (κ1) is 43.9. The van der Waals surface area contributed by atoms with Crippen molar-refractivity contribution in [3.63, 3.8) is 0 Å². The summed E-state index contributed by atoms with van der Waals surface area (Å²) in [7, 11) is -9.26. The predicted octanol–water partition coefficient (Wildman–Crippen LogP) is 6.64. The number of methoxy groups -OCH3 is 1. The Bertz CT molecular complexity index is 2020. The largest absolute Gasteiger partial charge is 0.495 e. The van der Waals surface area contributed by atoms with E-state index in [9.17, 15) is 30.0 Å². The van der Waals surface area contributed by atoms with Crippen LogP contribution in [0.25, 0.3) is 0 Å². The second kappa shape index (κ2) is 21.3. The summed E-state index contributed by atoms with van der Waals surface area (Å²) in [5, 5.41) is 4.98. The Morgan fingerprint density at radius 2 is 1.27 bits per heavy atom. The van der Waals surface area contributed by atoms with E-state index in [1.165, 1.54) is 50.3 Å². The first-order valence-corrected chi connectivity index (χ1v) is 21.1. The summed E-state index contributed by atoms with van der Waals surface area (Å²) in [6.07, 6.45) is 5.42. The molecule has 52 heavy (non-hydrogen) atoms. The van der Waals surface area contributed by atoms with Gasteiger partial charge in [0.1, 0.15) is 10.6 Å². The minimum absolute atomic E-state index is 0.0198. The van der Waals surface area contributed by atoms with Crippen LogP contribution in [0.15, 0.2) is 118 Å². The number of sulfonamides is 3. The number of carbonyl (C=O) groups excluding carboxylic acids is 1. The Morgan fingerprint density at radius 1 is 0.712 bits per heavy atom. The molecular formula is C37H49N3O9S3. The predicted molar refractivity (Wildman–Crippen MR) is 204 cm³/mol. The number of benzene rings is 4. The molecule has 0 unspecified atom stereocenters. The molecule has 4 N–H and O–H groups in total. The molecule has 0 spiro atoms. The maximum Gasteiger partial charge on any atom is 0.338 e. The number of rotatable bonds is 15. The number of para-hydroxylation sites is 2. The van der Waals surface area contributed by atoms with Crippen LogP contribution in [0.4, 0.5) is 5.69 Å². The Kier molecular flexibility index (Phi) is 18.0. The maximum absolute atomic E-state index is 12.2. The summed E-state index contributed by atoms with van der Waals surface area (Å²) in [5.41, 5.74) is 1.61. The van der Waals surface area contributed by atoms with Gasteiger partial charge in [0.25, 0.3) is 10.0 Å². The van der Waals surface area contributed by atoms with Gasteiger partial charge in [-0.1, -0.05) is 81.1 Å². The van der Waals surface area contributed by atoms with Gasteiger partial charge in [0.2, 0.25) is 20.0 Å². The third kappa shape index (κ3) is 15.1. The van der Waals surface area contributed by atoms with Crippen LogP contribution < -0.4 is 19.3 Å². The van der Waals surface area contributed by atoms with Crippen LogP contribution in [0, 0.1) is 6.92 Å². The fraction of sp³-hybridized carbons (Fsp3) is 0.324. The number of unbranched alkanes of at least 4 members (excludes halogenated alkanes) is 4. The number of nitrogens with one attached hydrogen (secondary N) is 2. The van der Waals surface area contributed by atoms with E-state index in [1.807, 2.05) is 12.1 Å². The minimum Gasteiger partial charge on any atom is -0.495 e.